The van der Waals surface area contributed by atoms with Crippen LogP contribution in [0.2, 0.25) is 0 Å². The number of carbonyl (C=O) groups is 4. The van der Waals surface area contributed by atoms with Gasteiger partial charge in [0.2, 0.25) is 0 Å². The van der Waals surface area contributed by atoms with Crippen LogP contribution in [-0.4, -0.2) is 44.1 Å². The topological polar surface area (TPSA) is 111 Å². The van der Waals surface area contributed by atoms with Crippen molar-refractivity contribution >= 4 is 35.6 Å². The van der Waals surface area contributed by atoms with E-state index in [0.717, 1.165) is 10.5 Å². The number of allylic oxidation sites excluding steroid dienone is 1. The van der Waals surface area contributed by atoms with Crippen LogP contribution in [0.4, 0.5) is 10.5 Å². The molecule has 9 heteroatoms. The molecule has 0 unspecified atom stereocenters. The molecule has 1 aliphatic heterocycles. The van der Waals surface area contributed by atoms with Crippen molar-refractivity contribution in [2.24, 2.45) is 0 Å². The average Bonchev–Trinajstić information content (AvgIpc) is 2.86. The summed E-state index contributed by atoms with van der Waals surface area (Å²) in [7, 11) is 1.25. The van der Waals surface area contributed by atoms with Crippen LogP contribution < -0.4 is 19.7 Å². The predicted molar refractivity (Wildman–Crippen MR) is 134 cm³/mol. The van der Waals surface area contributed by atoms with Gasteiger partial charge in [0, 0.05) is 5.56 Å². The predicted octanol–water partition coefficient (Wildman–Crippen LogP) is 3.83. The van der Waals surface area contributed by atoms with Gasteiger partial charge in [-0.25, -0.2) is 14.5 Å². The van der Waals surface area contributed by atoms with Gasteiger partial charge in [-0.2, -0.15) is 0 Å². The van der Waals surface area contributed by atoms with Gasteiger partial charge in [0.15, 0.2) is 11.5 Å². The van der Waals surface area contributed by atoms with Crippen molar-refractivity contribution in [2.45, 2.75) is 13.3 Å². The zero-order valence-corrected chi connectivity index (χ0v) is 20.0. The maximum atomic E-state index is 13.3. The maximum Gasteiger partial charge on any atom is 0.337 e. The number of nitrogens with zero attached hydrogens (tertiary/aromatic N) is 1. The summed E-state index contributed by atoms with van der Waals surface area (Å²) >= 11 is 0. The second-order valence-corrected chi connectivity index (χ2v) is 7.53. The summed E-state index contributed by atoms with van der Waals surface area (Å²) in [5.41, 5.74) is 1.40. The van der Waals surface area contributed by atoms with Crippen molar-refractivity contribution in [1.82, 2.24) is 5.32 Å². The number of benzene rings is 2. The molecule has 1 aliphatic rings. The number of hydrogen-bond donors (Lipinski definition) is 1. The van der Waals surface area contributed by atoms with Crippen LogP contribution in [0.25, 0.3) is 6.08 Å². The summed E-state index contributed by atoms with van der Waals surface area (Å²) in [6.45, 7) is 9.88. The SMILES string of the molecule is C=CCOc1c(CC=C)cc(/C=C2\C(=O)NC(=O)N(c3ccc(C(=O)OC)cc3)C2=O)cc1OCC. The number of imide groups is 2. The highest BCUT2D eigenvalue weighted by Gasteiger charge is 2.37. The molecule has 36 heavy (non-hydrogen) atoms. The molecule has 3 rings (SSSR count). The van der Waals surface area contributed by atoms with Crippen LogP contribution in [0, 0.1) is 0 Å². The summed E-state index contributed by atoms with van der Waals surface area (Å²) in [5.74, 6) is -1.26. The standard InChI is InChI=1S/C27H26N2O7/c1-5-8-19-14-17(16-22(35-7-3)23(19)36-13-6-2)15-21-24(30)28-27(33)29(25(21)31)20-11-9-18(10-12-20)26(32)34-4/h5-6,9-12,14-16H,1-2,7-8,13H2,3-4H3,(H,28,30,33)/b21-15+. The summed E-state index contributed by atoms with van der Waals surface area (Å²) in [5, 5.41) is 2.18. The lowest BCUT2D eigenvalue weighted by Gasteiger charge is -2.26. The Labute approximate surface area is 208 Å². The zero-order valence-electron chi connectivity index (χ0n) is 20.0. The third-order valence-electron chi connectivity index (χ3n) is 5.12. The van der Waals surface area contributed by atoms with Crippen LogP contribution in [0.15, 0.2) is 67.3 Å². The molecule has 0 radical (unpaired) electrons. The normalized spacial score (nSPS) is 14.3. The lowest BCUT2D eigenvalue weighted by atomic mass is 10.0. The molecule has 2 aromatic rings. The molecule has 0 aliphatic carbocycles. The number of anilines is 1. The molecule has 9 nitrogen and oxygen atoms in total. The molecule has 1 N–H and O–H groups in total. The van der Waals surface area contributed by atoms with Gasteiger partial charge in [-0.15, -0.1) is 6.58 Å². The number of rotatable bonds is 10. The molecule has 1 fully saturated rings. The Bertz CT molecular complexity index is 1250. The van der Waals surface area contributed by atoms with Crippen molar-refractivity contribution in [2.75, 3.05) is 25.2 Å². The Kier molecular flexibility index (Phi) is 8.40. The number of carbonyl (C=O) groups excluding carboxylic acids is 4. The molecule has 1 heterocycles. The first kappa shape index (κ1) is 26.0. The molecule has 0 aromatic heterocycles. The number of urea groups is 1. The van der Waals surface area contributed by atoms with E-state index in [0.29, 0.717) is 30.1 Å². The molecular formula is C27H26N2O7. The molecule has 0 saturated carbocycles. The summed E-state index contributed by atoms with van der Waals surface area (Å²) in [4.78, 5) is 50.9. The van der Waals surface area contributed by atoms with Gasteiger partial charge in [-0.05, 0) is 61.4 Å². The number of nitrogens with one attached hydrogen (secondary N) is 1. The largest absolute Gasteiger partial charge is 0.490 e. The third kappa shape index (κ3) is 5.52. The first-order chi connectivity index (χ1) is 17.3. The molecule has 0 spiro atoms. The zero-order chi connectivity index (χ0) is 26.2. The van der Waals surface area contributed by atoms with E-state index >= 15 is 0 Å². The van der Waals surface area contributed by atoms with Gasteiger partial charge in [0.1, 0.15) is 12.2 Å². The second kappa shape index (κ2) is 11.7. The number of methoxy groups -OCH3 is 1. The van der Waals surface area contributed by atoms with Crippen LogP contribution in [-0.2, 0) is 20.7 Å². The highest BCUT2D eigenvalue weighted by molar-refractivity contribution is 6.39. The van der Waals surface area contributed by atoms with Crippen molar-refractivity contribution in [3.05, 3.63) is 84.0 Å². The maximum absolute atomic E-state index is 13.3. The van der Waals surface area contributed by atoms with E-state index in [1.54, 1.807) is 24.3 Å². The minimum atomic E-state index is -0.900. The number of esters is 1. The van der Waals surface area contributed by atoms with Crippen molar-refractivity contribution in [1.29, 1.82) is 0 Å². The fourth-order valence-corrected chi connectivity index (χ4v) is 3.57. The fraction of sp³-hybridized carbons (Fsp3) is 0.185. The Balaban J connectivity index is 2.04. The van der Waals surface area contributed by atoms with E-state index in [4.69, 9.17) is 9.47 Å². The van der Waals surface area contributed by atoms with Crippen LogP contribution in [0.1, 0.15) is 28.4 Å². The Morgan fingerprint density at radius 2 is 1.78 bits per heavy atom. The quantitative estimate of drug-likeness (QED) is 0.233. The summed E-state index contributed by atoms with van der Waals surface area (Å²) in [6.07, 6.45) is 5.13. The van der Waals surface area contributed by atoms with Crippen molar-refractivity contribution in [3.63, 3.8) is 0 Å². The lowest BCUT2D eigenvalue weighted by Crippen LogP contribution is -2.54. The fourth-order valence-electron chi connectivity index (χ4n) is 3.57. The minimum absolute atomic E-state index is 0.180. The van der Waals surface area contributed by atoms with Gasteiger partial charge in [0.05, 0.1) is 25.0 Å². The Morgan fingerprint density at radius 3 is 2.39 bits per heavy atom. The number of hydrogen-bond acceptors (Lipinski definition) is 7. The van der Waals surface area contributed by atoms with E-state index in [9.17, 15) is 19.2 Å². The second-order valence-electron chi connectivity index (χ2n) is 7.53. The number of amides is 4. The monoisotopic (exact) mass is 490 g/mol. The molecule has 186 valence electrons. The first-order valence-corrected chi connectivity index (χ1v) is 11.1. The molecule has 0 bridgehead atoms. The van der Waals surface area contributed by atoms with E-state index in [-0.39, 0.29) is 23.4 Å². The van der Waals surface area contributed by atoms with E-state index in [1.165, 1.54) is 37.5 Å². The third-order valence-corrected chi connectivity index (χ3v) is 5.12. The molecule has 4 amide bonds. The molecule has 1 saturated heterocycles. The highest BCUT2D eigenvalue weighted by Crippen LogP contribution is 2.35. The van der Waals surface area contributed by atoms with Crippen LogP contribution >= 0.6 is 0 Å². The molecule has 0 atom stereocenters. The van der Waals surface area contributed by atoms with Crippen LogP contribution in [0.3, 0.4) is 0 Å². The van der Waals surface area contributed by atoms with Gasteiger partial charge in [0.25, 0.3) is 11.8 Å². The Morgan fingerprint density at radius 1 is 1.06 bits per heavy atom. The van der Waals surface area contributed by atoms with Gasteiger partial charge >= 0.3 is 12.0 Å². The first-order valence-electron chi connectivity index (χ1n) is 11.1. The van der Waals surface area contributed by atoms with E-state index in [1.807, 2.05) is 6.92 Å². The average molecular weight is 491 g/mol. The Hall–Kier alpha value is -4.66. The van der Waals surface area contributed by atoms with Crippen molar-refractivity contribution in [3.8, 4) is 11.5 Å². The van der Waals surface area contributed by atoms with Crippen LogP contribution in [0.5, 0.6) is 11.5 Å². The van der Waals surface area contributed by atoms with Gasteiger partial charge < -0.3 is 14.2 Å². The number of ether oxygens (including phenoxy) is 3. The van der Waals surface area contributed by atoms with Crippen molar-refractivity contribution < 1.29 is 33.4 Å². The van der Waals surface area contributed by atoms with Gasteiger partial charge in [-0.3, -0.25) is 14.9 Å². The number of barbiturate groups is 1. The molecule has 2 aromatic carbocycles. The van der Waals surface area contributed by atoms with Gasteiger partial charge in [-0.1, -0.05) is 18.7 Å². The lowest BCUT2D eigenvalue weighted by molar-refractivity contribution is -0.122. The highest BCUT2D eigenvalue weighted by atomic mass is 16.5. The smallest absolute Gasteiger partial charge is 0.337 e. The minimum Gasteiger partial charge on any atom is -0.490 e. The van der Waals surface area contributed by atoms with E-state index in [2.05, 4.69) is 23.2 Å². The summed E-state index contributed by atoms with van der Waals surface area (Å²) < 4.78 is 16.2. The summed E-state index contributed by atoms with van der Waals surface area (Å²) in [6, 6.07) is 8.16. The van der Waals surface area contributed by atoms with E-state index < -0.39 is 23.8 Å². The molecular weight excluding hydrogens is 464 g/mol.